The maximum Gasteiger partial charge on any atom is 0.0923 e. The van der Waals surface area contributed by atoms with Crippen LogP contribution in [0.1, 0.15) is 18.7 Å². The van der Waals surface area contributed by atoms with Crippen molar-refractivity contribution in [3.8, 4) is 0 Å². The van der Waals surface area contributed by atoms with Crippen molar-refractivity contribution in [2.75, 3.05) is 13.1 Å². The lowest BCUT2D eigenvalue weighted by Crippen LogP contribution is -2.63. The van der Waals surface area contributed by atoms with Gasteiger partial charge in [-0.1, -0.05) is 13.8 Å². The van der Waals surface area contributed by atoms with Crippen molar-refractivity contribution in [3.05, 3.63) is 20.8 Å². The van der Waals surface area contributed by atoms with E-state index in [1.165, 1.54) is 9.35 Å². The van der Waals surface area contributed by atoms with Gasteiger partial charge in [0.2, 0.25) is 0 Å². The van der Waals surface area contributed by atoms with Crippen molar-refractivity contribution >= 4 is 27.3 Å². The van der Waals surface area contributed by atoms with Crippen LogP contribution >= 0.6 is 27.3 Å². The van der Waals surface area contributed by atoms with Gasteiger partial charge in [0.25, 0.3) is 0 Å². The molecule has 2 rings (SSSR count). The molecule has 0 radical (unpaired) electrons. The summed E-state index contributed by atoms with van der Waals surface area (Å²) in [6, 6.07) is 2.08. The lowest BCUT2D eigenvalue weighted by molar-refractivity contribution is -0.130. The summed E-state index contributed by atoms with van der Waals surface area (Å²) in [6.07, 6.45) is 0. The highest BCUT2D eigenvalue weighted by molar-refractivity contribution is 9.10. The van der Waals surface area contributed by atoms with E-state index in [1.54, 1.807) is 11.3 Å². The molecule has 0 bridgehead atoms. The fourth-order valence-electron chi connectivity index (χ4n) is 1.85. The molecule has 0 atom stereocenters. The van der Waals surface area contributed by atoms with Crippen LogP contribution in [0.4, 0.5) is 0 Å². The van der Waals surface area contributed by atoms with Gasteiger partial charge in [0.1, 0.15) is 0 Å². The first-order valence-corrected chi connectivity index (χ1v) is 6.85. The van der Waals surface area contributed by atoms with Crippen LogP contribution in [0.15, 0.2) is 15.9 Å². The van der Waals surface area contributed by atoms with Crippen LogP contribution in [0.5, 0.6) is 0 Å². The largest absolute Gasteiger partial charge is 0.387 e. The lowest BCUT2D eigenvalue weighted by Gasteiger charge is -2.49. The highest BCUT2D eigenvalue weighted by Gasteiger charge is 2.43. The third-order valence-electron chi connectivity index (χ3n) is 3.13. The van der Waals surface area contributed by atoms with E-state index in [9.17, 15) is 5.11 Å². The zero-order valence-corrected chi connectivity index (χ0v) is 11.4. The van der Waals surface area contributed by atoms with Gasteiger partial charge in [0.15, 0.2) is 0 Å². The molecule has 84 valence electrons. The van der Waals surface area contributed by atoms with Crippen LogP contribution in [0.25, 0.3) is 0 Å². The molecule has 0 aromatic carbocycles. The number of hydrogen-bond acceptors (Lipinski definition) is 3. The van der Waals surface area contributed by atoms with Crippen molar-refractivity contribution < 1.29 is 5.11 Å². The first-order valence-electron chi connectivity index (χ1n) is 5.18. The molecule has 0 saturated carbocycles. The number of nitrogens with zero attached hydrogens (tertiary/aromatic N) is 1. The summed E-state index contributed by atoms with van der Waals surface area (Å²) >= 11 is 5.29. The Labute approximate surface area is 103 Å². The minimum absolute atomic E-state index is 0.348. The fraction of sp³-hybridized carbons (Fsp3) is 0.636. The van der Waals surface area contributed by atoms with Gasteiger partial charge in [-0.05, 0) is 33.3 Å². The maximum absolute atomic E-state index is 10.1. The SMILES string of the molecule is CC(C)C1(O)CN(Cc2sccc2Br)C1. The summed E-state index contributed by atoms with van der Waals surface area (Å²) in [5.41, 5.74) is -0.455. The summed E-state index contributed by atoms with van der Waals surface area (Å²) in [5, 5.41) is 12.2. The molecule has 0 aliphatic carbocycles. The molecular weight excluding hydrogens is 274 g/mol. The van der Waals surface area contributed by atoms with Gasteiger partial charge in [0, 0.05) is 29.0 Å². The number of halogens is 1. The molecule has 1 aromatic heterocycles. The second kappa shape index (κ2) is 4.17. The van der Waals surface area contributed by atoms with E-state index in [4.69, 9.17) is 0 Å². The monoisotopic (exact) mass is 289 g/mol. The van der Waals surface area contributed by atoms with Crippen LogP contribution in [-0.4, -0.2) is 28.7 Å². The normalized spacial score (nSPS) is 20.6. The molecule has 1 fully saturated rings. The van der Waals surface area contributed by atoms with E-state index in [1.807, 2.05) is 0 Å². The first kappa shape index (κ1) is 11.6. The van der Waals surface area contributed by atoms with Gasteiger partial charge in [-0.25, -0.2) is 0 Å². The van der Waals surface area contributed by atoms with Gasteiger partial charge in [-0.2, -0.15) is 0 Å². The Morgan fingerprint density at radius 1 is 1.60 bits per heavy atom. The summed E-state index contributed by atoms with van der Waals surface area (Å²) < 4.78 is 1.19. The van der Waals surface area contributed by atoms with Crippen LogP contribution in [0, 0.1) is 5.92 Å². The van der Waals surface area contributed by atoms with Gasteiger partial charge >= 0.3 is 0 Å². The van der Waals surface area contributed by atoms with Gasteiger partial charge in [-0.15, -0.1) is 11.3 Å². The molecule has 0 spiro atoms. The smallest absolute Gasteiger partial charge is 0.0923 e. The highest BCUT2D eigenvalue weighted by atomic mass is 79.9. The Kier molecular flexibility index (Phi) is 3.22. The molecule has 1 N–H and O–H groups in total. The number of hydrogen-bond donors (Lipinski definition) is 1. The van der Waals surface area contributed by atoms with Crippen LogP contribution in [0.2, 0.25) is 0 Å². The molecule has 0 unspecified atom stereocenters. The second-order valence-corrected chi connectivity index (χ2v) is 6.45. The van der Waals surface area contributed by atoms with Crippen LogP contribution in [-0.2, 0) is 6.54 Å². The molecule has 1 saturated heterocycles. The average Bonchev–Trinajstić information content (AvgIpc) is 2.48. The molecule has 2 nitrogen and oxygen atoms in total. The molecular formula is C11H16BrNOS. The number of likely N-dealkylation sites (tertiary alicyclic amines) is 1. The summed E-state index contributed by atoms with van der Waals surface area (Å²) in [5.74, 6) is 0.348. The van der Waals surface area contributed by atoms with Crippen molar-refractivity contribution in [2.45, 2.75) is 26.0 Å². The quantitative estimate of drug-likeness (QED) is 0.925. The minimum Gasteiger partial charge on any atom is -0.387 e. The van der Waals surface area contributed by atoms with E-state index in [-0.39, 0.29) is 0 Å². The third kappa shape index (κ3) is 2.28. The van der Waals surface area contributed by atoms with E-state index in [2.05, 4.69) is 46.1 Å². The summed E-state index contributed by atoms with van der Waals surface area (Å²) in [4.78, 5) is 3.64. The van der Waals surface area contributed by atoms with E-state index >= 15 is 0 Å². The Balaban J connectivity index is 1.89. The van der Waals surface area contributed by atoms with E-state index in [0.29, 0.717) is 5.92 Å². The zero-order valence-electron chi connectivity index (χ0n) is 9.03. The Hall–Kier alpha value is 0.100. The van der Waals surface area contributed by atoms with Crippen LogP contribution < -0.4 is 0 Å². The fourth-order valence-corrected chi connectivity index (χ4v) is 3.37. The van der Waals surface area contributed by atoms with E-state index in [0.717, 1.165) is 19.6 Å². The van der Waals surface area contributed by atoms with Gasteiger partial charge in [0.05, 0.1) is 5.60 Å². The summed E-state index contributed by atoms with van der Waals surface area (Å²) in [7, 11) is 0. The highest BCUT2D eigenvalue weighted by Crippen LogP contribution is 2.32. The van der Waals surface area contributed by atoms with E-state index < -0.39 is 5.60 Å². The lowest BCUT2D eigenvalue weighted by atomic mass is 9.83. The summed E-state index contributed by atoms with van der Waals surface area (Å²) in [6.45, 7) is 6.72. The molecule has 15 heavy (non-hydrogen) atoms. The predicted octanol–water partition coefficient (Wildman–Crippen LogP) is 2.71. The van der Waals surface area contributed by atoms with Crippen molar-refractivity contribution in [2.24, 2.45) is 5.92 Å². The maximum atomic E-state index is 10.1. The number of rotatable bonds is 3. The number of aliphatic hydroxyl groups is 1. The third-order valence-corrected chi connectivity index (χ3v) is 5.04. The average molecular weight is 290 g/mol. The molecule has 2 heterocycles. The molecule has 1 aromatic rings. The first-order chi connectivity index (χ1) is 7.01. The number of β-amino-alcohol motifs (C(OH)–C–C–N with tert-alkyl or cyclic N) is 1. The minimum atomic E-state index is -0.455. The Bertz CT molecular complexity index is 344. The second-order valence-electron chi connectivity index (χ2n) is 4.60. The Morgan fingerprint density at radius 2 is 2.27 bits per heavy atom. The van der Waals surface area contributed by atoms with Crippen LogP contribution in [0.3, 0.4) is 0 Å². The van der Waals surface area contributed by atoms with Gasteiger partial charge < -0.3 is 5.11 Å². The number of thiophene rings is 1. The van der Waals surface area contributed by atoms with Crippen molar-refractivity contribution in [1.82, 2.24) is 4.90 Å². The van der Waals surface area contributed by atoms with Crippen molar-refractivity contribution in [1.29, 1.82) is 0 Å². The molecule has 1 aliphatic heterocycles. The van der Waals surface area contributed by atoms with Gasteiger partial charge in [-0.3, -0.25) is 4.90 Å². The van der Waals surface area contributed by atoms with Crippen molar-refractivity contribution in [3.63, 3.8) is 0 Å². The predicted molar refractivity (Wildman–Crippen MR) is 67.1 cm³/mol. The topological polar surface area (TPSA) is 23.5 Å². The molecule has 1 aliphatic rings. The molecule has 0 amide bonds. The Morgan fingerprint density at radius 3 is 2.73 bits per heavy atom. The zero-order chi connectivity index (χ0) is 11.1. The standard InChI is InChI=1S/C11H16BrNOS/c1-8(2)11(14)6-13(7-11)5-10-9(12)3-4-15-10/h3-4,8,14H,5-7H2,1-2H3. The molecule has 4 heteroatoms.